The van der Waals surface area contributed by atoms with E-state index in [1.165, 1.54) is 0 Å². The van der Waals surface area contributed by atoms with Crippen LogP contribution >= 0.6 is 0 Å². The number of benzene rings is 1. The summed E-state index contributed by atoms with van der Waals surface area (Å²) < 4.78 is 7.11. The first-order valence-corrected chi connectivity index (χ1v) is 11.4. The molecule has 1 N–H and O–H groups in total. The van der Waals surface area contributed by atoms with Crippen LogP contribution in [0.2, 0.25) is 0 Å². The normalized spacial score (nSPS) is 15.2. The van der Waals surface area contributed by atoms with Crippen molar-refractivity contribution in [3.8, 4) is 11.6 Å². The number of aryl methyl sites for hydroxylation is 1. The van der Waals surface area contributed by atoms with E-state index in [4.69, 9.17) is 9.84 Å². The lowest BCUT2D eigenvalue weighted by Gasteiger charge is -2.31. The third kappa shape index (κ3) is 3.61. The molecule has 0 aliphatic heterocycles. The Labute approximate surface area is 200 Å². The largest absolute Gasteiger partial charge is 0.481 e. The van der Waals surface area contributed by atoms with Crippen molar-refractivity contribution < 1.29 is 14.3 Å². The zero-order chi connectivity index (χ0) is 23.9. The van der Waals surface area contributed by atoms with Gasteiger partial charge in [-0.3, -0.25) is 19.5 Å². The van der Waals surface area contributed by atoms with Crippen LogP contribution in [0.15, 0.2) is 60.9 Å². The number of hydrogen-bond acceptors (Lipinski definition) is 6. The van der Waals surface area contributed by atoms with Crippen LogP contribution in [0.3, 0.4) is 0 Å². The van der Waals surface area contributed by atoms with Crippen molar-refractivity contribution in [2.24, 2.45) is 0 Å². The zero-order valence-electron chi connectivity index (χ0n) is 19.0. The number of H-pyrrole nitrogens is 1. The lowest BCUT2D eigenvalue weighted by molar-refractivity contribution is -0.129. The van der Waals surface area contributed by atoms with Crippen molar-refractivity contribution in [3.05, 3.63) is 72.2 Å². The van der Waals surface area contributed by atoms with Gasteiger partial charge < -0.3 is 9.72 Å². The minimum atomic E-state index is -0.561. The maximum atomic E-state index is 12.7. The van der Waals surface area contributed by atoms with Gasteiger partial charge in [0, 0.05) is 35.4 Å². The fourth-order valence-electron chi connectivity index (χ4n) is 4.86. The van der Waals surface area contributed by atoms with Gasteiger partial charge in [-0.25, -0.2) is 9.67 Å². The smallest absolute Gasteiger partial charge is 0.292 e. The second-order valence-electron chi connectivity index (χ2n) is 8.56. The molecule has 0 saturated carbocycles. The lowest BCUT2D eigenvalue weighted by atomic mass is 9.92. The van der Waals surface area contributed by atoms with E-state index < -0.39 is 5.91 Å². The minimum absolute atomic E-state index is 0.168. The van der Waals surface area contributed by atoms with Crippen LogP contribution in [0.1, 0.15) is 17.7 Å². The summed E-state index contributed by atoms with van der Waals surface area (Å²) in [6, 6.07) is 15.1. The fourth-order valence-corrected chi connectivity index (χ4v) is 4.86. The summed E-state index contributed by atoms with van der Waals surface area (Å²) in [6.07, 6.45) is 6.07. The van der Waals surface area contributed by atoms with Crippen molar-refractivity contribution in [2.75, 3.05) is 12.0 Å². The molecule has 0 fully saturated rings. The molecule has 1 aliphatic carbocycles. The summed E-state index contributed by atoms with van der Waals surface area (Å²) in [7, 11) is 1.58. The number of amides is 1. The molecule has 1 atom stereocenters. The first kappa shape index (κ1) is 21.0. The molecule has 1 unspecified atom stereocenters. The van der Waals surface area contributed by atoms with E-state index >= 15 is 0 Å². The van der Waals surface area contributed by atoms with Crippen molar-refractivity contribution in [2.45, 2.75) is 25.3 Å². The SMILES string of the molecule is COc1ccc2nccc(-n3cc4c(n3)CCC(N(C(=O)C=O)c3cc5ccccc5[nH]3)C4)c2n1. The number of para-hydroxylation sites is 1. The average molecular weight is 467 g/mol. The average Bonchev–Trinajstić information content (AvgIpc) is 3.51. The van der Waals surface area contributed by atoms with Gasteiger partial charge in [-0.05, 0) is 49.1 Å². The molecule has 5 aromatic rings. The minimum Gasteiger partial charge on any atom is -0.481 e. The van der Waals surface area contributed by atoms with Gasteiger partial charge in [0.1, 0.15) is 11.3 Å². The lowest BCUT2D eigenvalue weighted by Crippen LogP contribution is -2.44. The van der Waals surface area contributed by atoms with Crippen LogP contribution in [0.25, 0.3) is 27.6 Å². The number of aldehydes is 1. The number of carbonyl (C=O) groups excluding carboxylic acids is 2. The predicted molar refractivity (Wildman–Crippen MR) is 131 cm³/mol. The molecule has 9 nitrogen and oxygen atoms in total. The van der Waals surface area contributed by atoms with Gasteiger partial charge in [-0.2, -0.15) is 5.10 Å². The van der Waals surface area contributed by atoms with E-state index in [-0.39, 0.29) is 6.04 Å². The van der Waals surface area contributed by atoms with Gasteiger partial charge in [0.2, 0.25) is 12.2 Å². The number of ether oxygens (including phenoxy) is 1. The van der Waals surface area contributed by atoms with Gasteiger partial charge in [0.05, 0.1) is 24.0 Å². The van der Waals surface area contributed by atoms with Crippen molar-refractivity contribution in [1.29, 1.82) is 0 Å². The highest BCUT2D eigenvalue weighted by atomic mass is 16.5. The Morgan fingerprint density at radius 1 is 1.23 bits per heavy atom. The summed E-state index contributed by atoms with van der Waals surface area (Å²) in [5.74, 6) is 0.569. The molecule has 1 aromatic carbocycles. The van der Waals surface area contributed by atoms with Crippen LogP contribution in [0.5, 0.6) is 5.88 Å². The number of methoxy groups -OCH3 is 1. The molecular formula is C26H22N6O3. The first-order chi connectivity index (χ1) is 17.1. The Kier molecular flexibility index (Phi) is 5.02. The summed E-state index contributed by atoms with van der Waals surface area (Å²) in [6.45, 7) is 0. The standard InChI is InChI=1S/C26H22N6O3/c1-35-24-9-8-21-26(29-24)22(10-11-27-21)31-14-17-12-18(6-7-20(17)30-31)32(25(34)15-33)23-13-16-4-2-3-5-19(16)28-23/h2-5,8-11,13-15,18,28H,6-7,12H2,1H3. The van der Waals surface area contributed by atoms with E-state index in [0.29, 0.717) is 42.8 Å². The Bertz CT molecular complexity index is 1550. The second kappa shape index (κ2) is 8.35. The Balaban J connectivity index is 1.36. The highest BCUT2D eigenvalue weighted by Gasteiger charge is 2.31. The Morgan fingerprint density at radius 3 is 2.94 bits per heavy atom. The molecule has 6 rings (SSSR count). The molecule has 4 aromatic heterocycles. The fraction of sp³-hybridized carbons (Fsp3) is 0.192. The third-order valence-electron chi connectivity index (χ3n) is 6.52. The molecule has 0 saturated heterocycles. The van der Waals surface area contributed by atoms with E-state index in [0.717, 1.165) is 33.4 Å². The Hall–Kier alpha value is -4.53. The van der Waals surface area contributed by atoms with E-state index in [2.05, 4.69) is 15.0 Å². The number of aromatic nitrogens is 5. The molecule has 174 valence electrons. The highest BCUT2D eigenvalue weighted by molar-refractivity contribution is 6.30. The van der Waals surface area contributed by atoms with Gasteiger partial charge in [0.25, 0.3) is 5.91 Å². The number of pyridine rings is 2. The maximum Gasteiger partial charge on any atom is 0.292 e. The van der Waals surface area contributed by atoms with Crippen LogP contribution in [0, 0.1) is 0 Å². The number of hydrogen-bond donors (Lipinski definition) is 1. The van der Waals surface area contributed by atoms with Crippen LogP contribution in [0.4, 0.5) is 5.82 Å². The summed E-state index contributed by atoms with van der Waals surface area (Å²) >= 11 is 0. The second-order valence-corrected chi connectivity index (χ2v) is 8.56. The van der Waals surface area contributed by atoms with Gasteiger partial charge >= 0.3 is 0 Å². The van der Waals surface area contributed by atoms with Gasteiger partial charge in [-0.15, -0.1) is 0 Å². The van der Waals surface area contributed by atoms with Gasteiger partial charge in [0.15, 0.2) is 0 Å². The number of nitrogens with zero attached hydrogens (tertiary/aromatic N) is 5. The van der Waals surface area contributed by atoms with Crippen molar-refractivity contribution in [1.82, 2.24) is 24.7 Å². The predicted octanol–water partition coefficient (Wildman–Crippen LogP) is 3.39. The van der Waals surface area contributed by atoms with E-state index in [1.807, 2.05) is 53.3 Å². The van der Waals surface area contributed by atoms with Crippen LogP contribution < -0.4 is 9.64 Å². The highest BCUT2D eigenvalue weighted by Crippen LogP contribution is 2.31. The van der Waals surface area contributed by atoms with Crippen molar-refractivity contribution >= 4 is 39.9 Å². The molecule has 4 heterocycles. The molecule has 0 spiro atoms. The molecule has 0 bridgehead atoms. The molecule has 0 radical (unpaired) electrons. The van der Waals surface area contributed by atoms with Crippen LogP contribution in [-0.2, 0) is 22.4 Å². The maximum absolute atomic E-state index is 12.7. The summed E-state index contributed by atoms with van der Waals surface area (Å²) in [5, 5.41) is 5.81. The van der Waals surface area contributed by atoms with E-state index in [1.54, 1.807) is 24.3 Å². The molecule has 9 heteroatoms. The number of rotatable bonds is 5. The van der Waals surface area contributed by atoms with Crippen molar-refractivity contribution in [3.63, 3.8) is 0 Å². The van der Waals surface area contributed by atoms with E-state index in [9.17, 15) is 9.59 Å². The molecule has 1 amide bonds. The molecular weight excluding hydrogens is 444 g/mol. The molecule has 1 aliphatic rings. The van der Waals surface area contributed by atoms with Gasteiger partial charge in [-0.1, -0.05) is 18.2 Å². The number of carbonyl (C=O) groups is 2. The Morgan fingerprint density at radius 2 is 2.11 bits per heavy atom. The monoisotopic (exact) mass is 466 g/mol. The number of aromatic amines is 1. The molecule has 35 heavy (non-hydrogen) atoms. The quantitative estimate of drug-likeness (QED) is 0.314. The summed E-state index contributed by atoms with van der Waals surface area (Å²) in [4.78, 5) is 38.1. The zero-order valence-corrected chi connectivity index (χ0v) is 19.0. The topological polar surface area (TPSA) is 106 Å². The number of nitrogens with one attached hydrogen (secondary N) is 1. The number of anilines is 1. The first-order valence-electron chi connectivity index (χ1n) is 11.4. The third-order valence-corrected chi connectivity index (χ3v) is 6.52. The number of fused-ring (bicyclic) bond motifs is 3. The summed E-state index contributed by atoms with van der Waals surface area (Å²) in [5.41, 5.74) is 5.17. The van der Waals surface area contributed by atoms with Crippen LogP contribution in [-0.4, -0.2) is 50.1 Å².